The van der Waals surface area contributed by atoms with E-state index < -0.39 is 11.9 Å². The Bertz CT molecular complexity index is 306. The van der Waals surface area contributed by atoms with E-state index in [1.165, 1.54) is 18.3 Å². The number of pyridine rings is 1. The second-order valence-corrected chi connectivity index (χ2v) is 3.25. The predicted molar refractivity (Wildman–Crippen MR) is 47.9 cm³/mol. The number of hydrogen-bond donors (Lipinski definition) is 0. The molecule has 1 aromatic heterocycles. The first-order valence-corrected chi connectivity index (χ1v) is 4.49. The third kappa shape index (κ3) is 2.25. The highest BCUT2D eigenvalue weighted by Gasteiger charge is 2.35. The van der Waals surface area contributed by atoms with E-state index in [9.17, 15) is 13.2 Å². The van der Waals surface area contributed by atoms with Crippen LogP contribution in [0.25, 0.3) is 0 Å². The SMILES string of the molecule is CCC(C)c1cccnc1C(F)(F)F. The molecule has 0 fully saturated rings. The van der Waals surface area contributed by atoms with E-state index in [1.807, 2.05) is 6.92 Å². The standard InChI is InChI=1S/C10H12F3N/c1-3-7(2)8-5-4-6-14-9(8)10(11,12)13/h4-7H,3H2,1-2H3. The Labute approximate surface area is 81.0 Å². The fourth-order valence-electron chi connectivity index (χ4n) is 1.27. The van der Waals surface area contributed by atoms with Gasteiger partial charge in [0, 0.05) is 6.20 Å². The summed E-state index contributed by atoms with van der Waals surface area (Å²) in [7, 11) is 0. The molecule has 78 valence electrons. The molecule has 0 aliphatic rings. The van der Waals surface area contributed by atoms with Gasteiger partial charge >= 0.3 is 6.18 Å². The van der Waals surface area contributed by atoms with Gasteiger partial charge in [-0.2, -0.15) is 13.2 Å². The fourth-order valence-corrected chi connectivity index (χ4v) is 1.27. The highest BCUT2D eigenvalue weighted by atomic mass is 19.4. The molecule has 0 saturated carbocycles. The van der Waals surface area contributed by atoms with Crippen molar-refractivity contribution < 1.29 is 13.2 Å². The molecule has 1 nitrogen and oxygen atoms in total. The van der Waals surface area contributed by atoms with Crippen LogP contribution in [0.4, 0.5) is 13.2 Å². The molecule has 1 unspecified atom stereocenters. The molecular weight excluding hydrogens is 191 g/mol. The van der Waals surface area contributed by atoms with Gasteiger partial charge in [0.1, 0.15) is 5.69 Å². The third-order valence-corrected chi connectivity index (χ3v) is 2.25. The molecule has 1 rings (SSSR count). The van der Waals surface area contributed by atoms with Gasteiger partial charge in [-0.05, 0) is 24.0 Å². The maximum Gasteiger partial charge on any atom is 0.433 e. The van der Waals surface area contributed by atoms with Gasteiger partial charge in [-0.3, -0.25) is 4.98 Å². The molecule has 0 amide bonds. The molecule has 0 aliphatic carbocycles. The molecule has 0 radical (unpaired) electrons. The largest absolute Gasteiger partial charge is 0.433 e. The second kappa shape index (κ2) is 3.98. The van der Waals surface area contributed by atoms with Crippen molar-refractivity contribution in [3.63, 3.8) is 0 Å². The van der Waals surface area contributed by atoms with Crippen molar-refractivity contribution in [1.29, 1.82) is 0 Å². The number of rotatable bonds is 2. The van der Waals surface area contributed by atoms with Crippen molar-refractivity contribution >= 4 is 0 Å². The van der Waals surface area contributed by atoms with Crippen LogP contribution in [0.2, 0.25) is 0 Å². The molecule has 0 spiro atoms. The summed E-state index contributed by atoms with van der Waals surface area (Å²) in [5, 5.41) is 0. The van der Waals surface area contributed by atoms with Gasteiger partial charge in [0.05, 0.1) is 0 Å². The van der Waals surface area contributed by atoms with Gasteiger partial charge in [0.15, 0.2) is 0 Å². The summed E-state index contributed by atoms with van der Waals surface area (Å²) < 4.78 is 37.4. The van der Waals surface area contributed by atoms with E-state index in [1.54, 1.807) is 6.92 Å². The lowest BCUT2D eigenvalue weighted by atomic mass is 9.97. The topological polar surface area (TPSA) is 12.9 Å². The lowest BCUT2D eigenvalue weighted by molar-refractivity contribution is -0.142. The summed E-state index contributed by atoms with van der Waals surface area (Å²) in [6.45, 7) is 3.63. The van der Waals surface area contributed by atoms with E-state index in [2.05, 4.69) is 4.98 Å². The van der Waals surface area contributed by atoms with E-state index in [0.29, 0.717) is 6.42 Å². The molecule has 0 bridgehead atoms. The maximum atomic E-state index is 12.5. The van der Waals surface area contributed by atoms with Crippen LogP contribution in [0, 0.1) is 0 Å². The Hall–Kier alpha value is -1.06. The molecule has 14 heavy (non-hydrogen) atoms. The number of halogens is 3. The molecule has 4 heteroatoms. The Kier molecular flexibility index (Phi) is 3.13. The van der Waals surface area contributed by atoms with Gasteiger partial charge < -0.3 is 0 Å². The molecule has 1 atom stereocenters. The zero-order valence-corrected chi connectivity index (χ0v) is 8.10. The fraction of sp³-hybridized carbons (Fsp3) is 0.500. The third-order valence-electron chi connectivity index (χ3n) is 2.25. The van der Waals surface area contributed by atoms with E-state index in [-0.39, 0.29) is 11.5 Å². The highest BCUT2D eigenvalue weighted by molar-refractivity contribution is 5.25. The number of nitrogens with zero attached hydrogens (tertiary/aromatic N) is 1. The quantitative estimate of drug-likeness (QED) is 0.715. The van der Waals surface area contributed by atoms with Gasteiger partial charge in [-0.25, -0.2) is 0 Å². The summed E-state index contributed by atoms with van der Waals surface area (Å²) in [5.41, 5.74) is -0.475. The van der Waals surface area contributed by atoms with Crippen molar-refractivity contribution in [2.75, 3.05) is 0 Å². The number of hydrogen-bond acceptors (Lipinski definition) is 1. The van der Waals surface area contributed by atoms with Crippen LogP contribution in [0.3, 0.4) is 0 Å². The number of alkyl halides is 3. The molecule has 1 heterocycles. The Morgan fingerprint density at radius 2 is 2.07 bits per heavy atom. The summed E-state index contributed by atoms with van der Waals surface area (Å²) in [5.74, 6) is -0.111. The van der Waals surface area contributed by atoms with Crippen LogP contribution in [0.15, 0.2) is 18.3 Å². The average Bonchev–Trinajstić information content (AvgIpc) is 2.15. The molecule has 0 aliphatic heterocycles. The van der Waals surface area contributed by atoms with Crippen LogP contribution in [-0.2, 0) is 6.18 Å². The summed E-state index contributed by atoms with van der Waals surface area (Å²) in [6, 6.07) is 3.03. The number of aromatic nitrogens is 1. The summed E-state index contributed by atoms with van der Waals surface area (Å²) >= 11 is 0. The first kappa shape index (κ1) is 11.0. The minimum Gasteiger partial charge on any atom is -0.252 e. The molecule has 0 saturated heterocycles. The van der Waals surface area contributed by atoms with Gasteiger partial charge in [-0.15, -0.1) is 0 Å². The van der Waals surface area contributed by atoms with Gasteiger partial charge in [-0.1, -0.05) is 19.9 Å². The van der Waals surface area contributed by atoms with E-state index in [0.717, 1.165) is 0 Å². The van der Waals surface area contributed by atoms with Crippen LogP contribution in [0.1, 0.15) is 37.4 Å². The Morgan fingerprint density at radius 3 is 2.57 bits per heavy atom. The van der Waals surface area contributed by atoms with Crippen molar-refractivity contribution in [3.05, 3.63) is 29.6 Å². The average molecular weight is 203 g/mol. The molecule has 0 N–H and O–H groups in total. The van der Waals surface area contributed by atoms with E-state index >= 15 is 0 Å². The lowest BCUT2D eigenvalue weighted by Crippen LogP contribution is -2.13. The highest BCUT2D eigenvalue weighted by Crippen LogP contribution is 2.34. The minimum atomic E-state index is -4.35. The zero-order chi connectivity index (χ0) is 10.8. The molecule has 1 aromatic rings. The smallest absolute Gasteiger partial charge is 0.252 e. The van der Waals surface area contributed by atoms with Gasteiger partial charge in [0.2, 0.25) is 0 Å². The Morgan fingerprint density at radius 1 is 1.43 bits per heavy atom. The van der Waals surface area contributed by atoms with Crippen molar-refractivity contribution in [2.24, 2.45) is 0 Å². The summed E-state index contributed by atoms with van der Waals surface area (Å²) in [6.07, 6.45) is -2.50. The van der Waals surface area contributed by atoms with Crippen molar-refractivity contribution in [3.8, 4) is 0 Å². The second-order valence-electron chi connectivity index (χ2n) is 3.25. The molecule has 0 aromatic carbocycles. The van der Waals surface area contributed by atoms with Crippen molar-refractivity contribution in [1.82, 2.24) is 4.98 Å². The van der Waals surface area contributed by atoms with Crippen LogP contribution < -0.4 is 0 Å². The first-order valence-electron chi connectivity index (χ1n) is 4.49. The normalized spacial score (nSPS) is 14.1. The van der Waals surface area contributed by atoms with Crippen LogP contribution in [0.5, 0.6) is 0 Å². The zero-order valence-electron chi connectivity index (χ0n) is 8.10. The van der Waals surface area contributed by atoms with Gasteiger partial charge in [0.25, 0.3) is 0 Å². The van der Waals surface area contributed by atoms with E-state index in [4.69, 9.17) is 0 Å². The van der Waals surface area contributed by atoms with Crippen LogP contribution >= 0.6 is 0 Å². The monoisotopic (exact) mass is 203 g/mol. The van der Waals surface area contributed by atoms with Crippen molar-refractivity contribution in [2.45, 2.75) is 32.4 Å². The summed E-state index contributed by atoms with van der Waals surface area (Å²) in [4.78, 5) is 3.39. The predicted octanol–water partition coefficient (Wildman–Crippen LogP) is 3.61. The van der Waals surface area contributed by atoms with Crippen LogP contribution in [-0.4, -0.2) is 4.98 Å². The molecular formula is C10H12F3N. The Balaban J connectivity index is 3.16. The first-order chi connectivity index (χ1) is 6.46. The maximum absolute atomic E-state index is 12.5. The lowest BCUT2D eigenvalue weighted by Gasteiger charge is -2.15. The minimum absolute atomic E-state index is 0.111.